The molecule has 4 nitrogen and oxygen atoms in total. The van der Waals surface area contributed by atoms with Crippen molar-refractivity contribution in [3.05, 3.63) is 0 Å². The normalized spacial score (nSPS) is 26.3. The molecule has 0 saturated heterocycles. The first-order valence-corrected chi connectivity index (χ1v) is 6.85. The van der Waals surface area contributed by atoms with E-state index in [2.05, 4.69) is 0 Å². The first-order chi connectivity index (χ1) is 8.16. The lowest BCUT2D eigenvalue weighted by atomic mass is 9.95. The lowest BCUT2D eigenvalue weighted by Gasteiger charge is -2.30. The van der Waals surface area contributed by atoms with E-state index >= 15 is 0 Å². The molecule has 0 aromatic rings. The molecule has 1 saturated carbocycles. The number of hydrogen-bond acceptors (Lipinski definition) is 4. The molecule has 0 heterocycles. The highest BCUT2D eigenvalue weighted by Gasteiger charge is 2.26. The Kier molecular flexibility index (Phi) is 5.59. The van der Waals surface area contributed by atoms with Gasteiger partial charge in [-0.25, -0.2) is 19.6 Å². The van der Waals surface area contributed by atoms with E-state index in [1.807, 2.05) is 41.5 Å². The molecule has 0 bridgehead atoms. The van der Waals surface area contributed by atoms with Crippen LogP contribution in [0.2, 0.25) is 0 Å². The minimum absolute atomic E-state index is 0.179. The molecular formula is C14H28O4. The van der Waals surface area contributed by atoms with Crippen LogP contribution < -0.4 is 0 Å². The Morgan fingerprint density at radius 2 is 0.889 bits per heavy atom. The number of hydrogen-bond donors (Lipinski definition) is 0. The molecule has 1 rings (SSSR count). The highest BCUT2D eigenvalue weighted by Crippen LogP contribution is 2.26. The fourth-order valence-corrected chi connectivity index (χ4v) is 1.65. The predicted octanol–water partition coefficient (Wildman–Crippen LogP) is 3.79. The zero-order chi connectivity index (χ0) is 13.8. The van der Waals surface area contributed by atoms with E-state index < -0.39 is 0 Å². The van der Waals surface area contributed by atoms with Gasteiger partial charge in [-0.15, -0.1) is 0 Å². The molecule has 4 heteroatoms. The van der Waals surface area contributed by atoms with Gasteiger partial charge in [0.1, 0.15) is 0 Å². The average Bonchev–Trinajstić information content (AvgIpc) is 2.23. The Morgan fingerprint density at radius 3 is 1.11 bits per heavy atom. The van der Waals surface area contributed by atoms with Crippen molar-refractivity contribution in [3.8, 4) is 0 Å². The van der Waals surface area contributed by atoms with E-state index in [-0.39, 0.29) is 23.4 Å². The highest BCUT2D eigenvalue weighted by atomic mass is 17.2. The summed E-state index contributed by atoms with van der Waals surface area (Å²) in [5.74, 6) is 0. The number of rotatable bonds is 4. The molecule has 18 heavy (non-hydrogen) atoms. The summed E-state index contributed by atoms with van der Waals surface area (Å²) >= 11 is 0. The fraction of sp³-hybridized carbons (Fsp3) is 1.00. The summed E-state index contributed by atoms with van der Waals surface area (Å²) in [6, 6.07) is 0. The van der Waals surface area contributed by atoms with Gasteiger partial charge in [0, 0.05) is 0 Å². The Labute approximate surface area is 111 Å². The van der Waals surface area contributed by atoms with Gasteiger partial charge in [-0.3, -0.25) is 0 Å². The second-order valence-corrected chi connectivity index (χ2v) is 6.98. The maximum Gasteiger partial charge on any atom is 0.0952 e. The monoisotopic (exact) mass is 260 g/mol. The maximum absolute atomic E-state index is 5.44. The topological polar surface area (TPSA) is 36.9 Å². The summed E-state index contributed by atoms with van der Waals surface area (Å²) < 4.78 is 0. The first-order valence-electron chi connectivity index (χ1n) is 6.85. The van der Waals surface area contributed by atoms with E-state index in [9.17, 15) is 0 Å². The second kappa shape index (κ2) is 6.33. The maximum atomic E-state index is 5.44. The van der Waals surface area contributed by atoms with Crippen LogP contribution in [0.4, 0.5) is 0 Å². The van der Waals surface area contributed by atoms with E-state index in [1.165, 1.54) is 0 Å². The molecule has 0 spiro atoms. The van der Waals surface area contributed by atoms with Gasteiger partial charge in [0.05, 0.1) is 23.4 Å². The lowest BCUT2D eigenvalue weighted by Crippen LogP contribution is -2.31. The zero-order valence-electron chi connectivity index (χ0n) is 12.6. The largest absolute Gasteiger partial charge is 0.233 e. The molecule has 0 aromatic carbocycles. The molecular weight excluding hydrogens is 232 g/mol. The van der Waals surface area contributed by atoms with E-state index in [1.54, 1.807) is 0 Å². The van der Waals surface area contributed by atoms with Crippen molar-refractivity contribution in [1.82, 2.24) is 0 Å². The van der Waals surface area contributed by atoms with Gasteiger partial charge in [0.15, 0.2) is 0 Å². The molecule has 0 atom stereocenters. The average molecular weight is 260 g/mol. The van der Waals surface area contributed by atoms with Gasteiger partial charge < -0.3 is 0 Å². The molecule has 0 aromatic heterocycles. The molecule has 0 unspecified atom stereocenters. The van der Waals surface area contributed by atoms with E-state index in [0.717, 1.165) is 25.7 Å². The summed E-state index contributed by atoms with van der Waals surface area (Å²) in [5.41, 5.74) is -0.495. The molecule has 0 amide bonds. The highest BCUT2D eigenvalue weighted by molar-refractivity contribution is 4.72. The SMILES string of the molecule is CC(C)(C)OOC1CCC(OOC(C)(C)C)CC1. The minimum Gasteiger partial charge on any atom is -0.233 e. The quantitative estimate of drug-likeness (QED) is 0.569. The van der Waals surface area contributed by atoms with Crippen molar-refractivity contribution < 1.29 is 19.6 Å². The van der Waals surface area contributed by atoms with Crippen molar-refractivity contribution in [2.45, 2.75) is 90.6 Å². The molecule has 108 valence electrons. The molecule has 0 radical (unpaired) electrons. The van der Waals surface area contributed by atoms with E-state index in [0.29, 0.717) is 0 Å². The predicted molar refractivity (Wildman–Crippen MR) is 69.9 cm³/mol. The van der Waals surface area contributed by atoms with Crippen LogP contribution in [-0.4, -0.2) is 23.4 Å². The molecule has 1 aliphatic rings. The summed E-state index contributed by atoms with van der Waals surface area (Å²) in [6.07, 6.45) is 4.17. The second-order valence-electron chi connectivity index (χ2n) is 6.98. The fourth-order valence-electron chi connectivity index (χ4n) is 1.65. The molecule has 0 N–H and O–H groups in total. The minimum atomic E-state index is -0.247. The molecule has 1 fully saturated rings. The summed E-state index contributed by atoms with van der Waals surface area (Å²) in [4.78, 5) is 21.6. The lowest BCUT2D eigenvalue weighted by molar-refractivity contribution is -0.394. The third-order valence-corrected chi connectivity index (χ3v) is 2.49. The van der Waals surface area contributed by atoms with Crippen molar-refractivity contribution in [2.75, 3.05) is 0 Å². The summed E-state index contributed by atoms with van der Waals surface area (Å²) in [6.45, 7) is 11.9. The Bertz CT molecular complexity index is 205. The van der Waals surface area contributed by atoms with Crippen LogP contribution in [0.5, 0.6) is 0 Å². The van der Waals surface area contributed by atoms with Crippen LogP contribution in [0, 0.1) is 0 Å². The van der Waals surface area contributed by atoms with Crippen LogP contribution in [0.25, 0.3) is 0 Å². The van der Waals surface area contributed by atoms with Gasteiger partial charge in [0.2, 0.25) is 0 Å². The Morgan fingerprint density at radius 1 is 0.611 bits per heavy atom. The summed E-state index contributed by atoms with van der Waals surface area (Å²) in [5, 5.41) is 0. The van der Waals surface area contributed by atoms with Gasteiger partial charge in [-0.2, -0.15) is 0 Å². The third kappa shape index (κ3) is 7.31. The zero-order valence-corrected chi connectivity index (χ0v) is 12.6. The Hall–Kier alpha value is -0.160. The summed E-state index contributed by atoms with van der Waals surface area (Å²) in [7, 11) is 0. The van der Waals surface area contributed by atoms with Crippen LogP contribution in [0.3, 0.4) is 0 Å². The van der Waals surface area contributed by atoms with Crippen molar-refractivity contribution in [3.63, 3.8) is 0 Å². The van der Waals surface area contributed by atoms with Gasteiger partial charge in [0.25, 0.3) is 0 Å². The van der Waals surface area contributed by atoms with Crippen molar-refractivity contribution in [1.29, 1.82) is 0 Å². The van der Waals surface area contributed by atoms with Gasteiger partial charge in [-0.05, 0) is 67.2 Å². The van der Waals surface area contributed by atoms with Crippen LogP contribution in [0.1, 0.15) is 67.2 Å². The third-order valence-electron chi connectivity index (χ3n) is 2.49. The van der Waals surface area contributed by atoms with Crippen LogP contribution in [0.15, 0.2) is 0 Å². The first kappa shape index (κ1) is 15.9. The van der Waals surface area contributed by atoms with E-state index in [4.69, 9.17) is 19.6 Å². The molecule has 1 aliphatic carbocycles. The smallest absolute Gasteiger partial charge is 0.0952 e. The van der Waals surface area contributed by atoms with Crippen LogP contribution >= 0.6 is 0 Å². The van der Waals surface area contributed by atoms with Gasteiger partial charge >= 0.3 is 0 Å². The van der Waals surface area contributed by atoms with Gasteiger partial charge in [-0.1, -0.05) is 0 Å². The van der Waals surface area contributed by atoms with Crippen LogP contribution in [-0.2, 0) is 19.6 Å². The Balaban J connectivity index is 2.17. The standard InChI is InChI=1S/C14H28O4/c1-13(2,3)17-15-11-7-9-12(10-8-11)16-18-14(4,5)6/h11-12H,7-10H2,1-6H3. The van der Waals surface area contributed by atoms with Crippen molar-refractivity contribution in [2.24, 2.45) is 0 Å². The van der Waals surface area contributed by atoms with Crippen molar-refractivity contribution >= 4 is 0 Å². The molecule has 0 aliphatic heterocycles.